The Bertz CT molecular complexity index is 406. The van der Waals surface area contributed by atoms with Gasteiger partial charge in [0.25, 0.3) is 0 Å². The summed E-state index contributed by atoms with van der Waals surface area (Å²) in [6.45, 7) is 3.32. The van der Waals surface area contributed by atoms with Crippen molar-refractivity contribution in [3.63, 3.8) is 0 Å². The first-order chi connectivity index (χ1) is 8.02. The molecule has 1 aromatic rings. The largest absolute Gasteiger partial charge is 0.480 e. The minimum Gasteiger partial charge on any atom is -0.480 e. The maximum absolute atomic E-state index is 10.9. The van der Waals surface area contributed by atoms with Crippen molar-refractivity contribution < 1.29 is 14.7 Å². The van der Waals surface area contributed by atoms with Gasteiger partial charge in [0, 0.05) is 18.1 Å². The predicted octanol–water partition coefficient (Wildman–Crippen LogP) is 1.39. The predicted molar refractivity (Wildman–Crippen MR) is 67.5 cm³/mol. The van der Waals surface area contributed by atoms with Crippen LogP contribution in [-0.2, 0) is 16.0 Å². The average Bonchev–Trinajstić information content (AvgIpc) is 2.71. The fourth-order valence-corrected chi connectivity index (χ4v) is 3.06. The molecule has 0 aromatic carbocycles. The summed E-state index contributed by atoms with van der Waals surface area (Å²) in [6.07, 6.45) is 0.866. The molecule has 0 fully saturated rings. The number of carbonyl (C=O) groups is 2. The minimum atomic E-state index is -1.03. The van der Waals surface area contributed by atoms with Gasteiger partial charge in [-0.05, 0) is 6.42 Å². The van der Waals surface area contributed by atoms with E-state index in [1.54, 1.807) is 0 Å². The summed E-state index contributed by atoms with van der Waals surface area (Å²) in [7, 11) is 0. The summed E-state index contributed by atoms with van der Waals surface area (Å²) in [5.41, 5.74) is 1.00. The van der Waals surface area contributed by atoms with Gasteiger partial charge in [-0.2, -0.15) is 0 Å². The molecule has 0 spiro atoms. The van der Waals surface area contributed by atoms with E-state index in [2.05, 4.69) is 10.3 Å². The topological polar surface area (TPSA) is 79.3 Å². The molecule has 17 heavy (non-hydrogen) atoms. The molecule has 1 aromatic heterocycles. The van der Waals surface area contributed by atoms with Gasteiger partial charge < -0.3 is 10.4 Å². The summed E-state index contributed by atoms with van der Waals surface area (Å²) < 4.78 is 0.832. The van der Waals surface area contributed by atoms with Gasteiger partial charge >= 0.3 is 5.97 Å². The number of thiazole rings is 1. The first-order valence-electron chi connectivity index (χ1n) is 5.10. The van der Waals surface area contributed by atoms with Gasteiger partial charge in [0.2, 0.25) is 5.91 Å². The molecule has 0 aliphatic carbocycles. The summed E-state index contributed by atoms with van der Waals surface area (Å²) in [4.78, 5) is 26.0. The second-order valence-corrected chi connectivity index (χ2v) is 5.49. The second-order valence-electron chi connectivity index (χ2n) is 3.36. The molecule has 1 atom stereocenters. The Morgan fingerprint density at radius 3 is 2.82 bits per heavy atom. The normalized spacial score (nSPS) is 12.1. The van der Waals surface area contributed by atoms with E-state index in [0.717, 1.165) is 16.5 Å². The Kier molecular flexibility index (Phi) is 5.43. The molecule has 0 saturated heterocycles. The van der Waals surface area contributed by atoms with Crippen molar-refractivity contribution in [1.29, 1.82) is 0 Å². The second kappa shape index (κ2) is 6.61. The van der Waals surface area contributed by atoms with E-state index < -0.39 is 12.0 Å². The molecule has 1 heterocycles. The first-order valence-corrected chi connectivity index (χ1v) is 6.96. The highest BCUT2D eigenvalue weighted by Crippen LogP contribution is 2.23. The minimum absolute atomic E-state index is 0.283. The highest BCUT2D eigenvalue weighted by Gasteiger charge is 2.19. The summed E-state index contributed by atoms with van der Waals surface area (Å²) in [6, 6.07) is -0.869. The number of hydrogen-bond acceptors (Lipinski definition) is 5. The molecular weight excluding hydrogens is 260 g/mol. The lowest BCUT2D eigenvalue weighted by molar-refractivity contribution is -0.140. The van der Waals surface area contributed by atoms with Crippen LogP contribution in [0.2, 0.25) is 0 Å². The fourth-order valence-electron chi connectivity index (χ4n) is 1.09. The van der Waals surface area contributed by atoms with Crippen molar-refractivity contribution in [1.82, 2.24) is 10.3 Å². The number of aromatic nitrogens is 1. The first kappa shape index (κ1) is 14.0. The zero-order valence-electron chi connectivity index (χ0n) is 9.60. The lowest BCUT2D eigenvalue weighted by Crippen LogP contribution is -2.41. The van der Waals surface area contributed by atoms with E-state index >= 15 is 0 Å². The van der Waals surface area contributed by atoms with Gasteiger partial charge in [0.05, 0.1) is 5.69 Å². The molecule has 0 aliphatic heterocycles. The van der Waals surface area contributed by atoms with Crippen LogP contribution in [-0.4, -0.2) is 33.8 Å². The Hall–Kier alpha value is -1.08. The van der Waals surface area contributed by atoms with Gasteiger partial charge in [-0.3, -0.25) is 4.79 Å². The molecule has 0 aliphatic rings. The molecule has 1 amide bonds. The zero-order chi connectivity index (χ0) is 12.8. The smallest absolute Gasteiger partial charge is 0.327 e. The molecule has 1 rings (SSSR count). The van der Waals surface area contributed by atoms with Gasteiger partial charge in [-0.25, -0.2) is 9.78 Å². The van der Waals surface area contributed by atoms with Crippen LogP contribution in [0, 0.1) is 0 Å². The lowest BCUT2D eigenvalue weighted by Gasteiger charge is -2.11. The highest BCUT2D eigenvalue weighted by molar-refractivity contribution is 8.01. The van der Waals surface area contributed by atoms with E-state index in [1.165, 1.54) is 30.0 Å². The average molecular weight is 274 g/mol. The Labute approximate surface area is 108 Å². The van der Waals surface area contributed by atoms with Gasteiger partial charge in [0.15, 0.2) is 0 Å². The number of carboxylic acids is 1. The molecule has 5 nitrogen and oxygen atoms in total. The number of carbonyl (C=O) groups excluding carboxylic acids is 1. The van der Waals surface area contributed by atoms with E-state index in [1.807, 2.05) is 12.3 Å². The van der Waals surface area contributed by atoms with Gasteiger partial charge in [-0.15, -0.1) is 11.3 Å². The summed E-state index contributed by atoms with van der Waals surface area (Å²) in [5.74, 6) is -1.09. The van der Waals surface area contributed by atoms with Crippen LogP contribution in [0.5, 0.6) is 0 Å². The molecule has 0 bridgehead atoms. The fraction of sp³-hybridized carbons (Fsp3) is 0.500. The Morgan fingerprint density at radius 2 is 2.35 bits per heavy atom. The van der Waals surface area contributed by atoms with Crippen LogP contribution >= 0.6 is 23.1 Å². The number of rotatable bonds is 6. The van der Waals surface area contributed by atoms with Crippen molar-refractivity contribution in [3.05, 3.63) is 11.1 Å². The third kappa shape index (κ3) is 4.74. The number of carboxylic acid groups (broad SMARTS) is 1. The van der Waals surface area contributed by atoms with Crippen LogP contribution in [0.4, 0.5) is 0 Å². The quantitative estimate of drug-likeness (QED) is 0.766. The number of aryl methyl sites for hydroxylation is 1. The van der Waals surface area contributed by atoms with Crippen LogP contribution in [0.1, 0.15) is 19.5 Å². The standard InChI is InChI=1S/C10H14N2O3S2/c1-3-7-4-16-10(12-7)17-5-8(9(14)15)11-6(2)13/h4,8H,3,5H2,1-2H3,(H,11,13)(H,14,15). The Morgan fingerprint density at radius 1 is 1.65 bits per heavy atom. The molecule has 0 saturated carbocycles. The van der Waals surface area contributed by atoms with E-state index in [4.69, 9.17) is 5.11 Å². The van der Waals surface area contributed by atoms with Crippen LogP contribution in [0.15, 0.2) is 9.72 Å². The van der Waals surface area contributed by atoms with Crippen LogP contribution in [0.3, 0.4) is 0 Å². The van der Waals surface area contributed by atoms with E-state index in [-0.39, 0.29) is 11.7 Å². The maximum Gasteiger partial charge on any atom is 0.327 e. The number of hydrogen-bond donors (Lipinski definition) is 2. The van der Waals surface area contributed by atoms with Crippen molar-refractivity contribution in [2.75, 3.05) is 5.75 Å². The van der Waals surface area contributed by atoms with Crippen molar-refractivity contribution in [2.24, 2.45) is 0 Å². The van der Waals surface area contributed by atoms with Crippen molar-refractivity contribution >= 4 is 35.0 Å². The monoisotopic (exact) mass is 274 g/mol. The van der Waals surface area contributed by atoms with E-state index in [9.17, 15) is 9.59 Å². The number of nitrogens with one attached hydrogen (secondary N) is 1. The molecule has 0 radical (unpaired) electrons. The summed E-state index contributed by atoms with van der Waals surface area (Å²) >= 11 is 2.84. The zero-order valence-corrected chi connectivity index (χ0v) is 11.2. The molecule has 1 unspecified atom stereocenters. The van der Waals surface area contributed by atoms with Crippen molar-refractivity contribution in [3.8, 4) is 0 Å². The van der Waals surface area contributed by atoms with Gasteiger partial charge in [-0.1, -0.05) is 18.7 Å². The number of amides is 1. The third-order valence-corrected chi connectivity index (χ3v) is 4.11. The maximum atomic E-state index is 10.9. The van der Waals surface area contributed by atoms with Crippen LogP contribution < -0.4 is 5.32 Å². The van der Waals surface area contributed by atoms with E-state index in [0.29, 0.717) is 0 Å². The SMILES string of the molecule is CCc1csc(SCC(NC(C)=O)C(=O)O)n1. The van der Waals surface area contributed by atoms with Crippen molar-refractivity contribution in [2.45, 2.75) is 30.6 Å². The molecule has 2 N–H and O–H groups in total. The lowest BCUT2D eigenvalue weighted by atomic mass is 10.3. The number of aliphatic carboxylic acids is 1. The molecule has 7 heteroatoms. The third-order valence-electron chi connectivity index (χ3n) is 1.94. The highest BCUT2D eigenvalue weighted by atomic mass is 32.2. The number of nitrogens with zero attached hydrogens (tertiary/aromatic N) is 1. The van der Waals surface area contributed by atoms with Crippen LogP contribution in [0.25, 0.3) is 0 Å². The number of thioether (sulfide) groups is 1. The van der Waals surface area contributed by atoms with Gasteiger partial charge in [0.1, 0.15) is 10.4 Å². The summed E-state index contributed by atoms with van der Waals surface area (Å²) in [5, 5.41) is 13.2. The molecular formula is C10H14N2O3S2. The Balaban J connectivity index is 2.51. The molecule has 94 valence electrons.